The molecule has 1 aromatic heterocycles. The van der Waals surface area contributed by atoms with Crippen molar-refractivity contribution in [2.75, 3.05) is 20.8 Å². The van der Waals surface area contributed by atoms with Crippen molar-refractivity contribution in [2.24, 2.45) is 0 Å². The molecular weight excluding hydrogens is 547 g/mol. The van der Waals surface area contributed by atoms with Crippen molar-refractivity contribution >= 4 is 17.5 Å². The molecule has 0 saturated heterocycles. The van der Waals surface area contributed by atoms with E-state index < -0.39 is 36.5 Å². The molecule has 1 saturated carbocycles. The quantitative estimate of drug-likeness (QED) is 0.297. The minimum Gasteiger partial charge on any atom is -0.494 e. The fraction of sp³-hybridized carbons (Fsp3) is 0.333. The number of hydrogen-bond donors (Lipinski definition) is 1. The average Bonchev–Trinajstić information content (AvgIpc) is 2.88. The van der Waals surface area contributed by atoms with Crippen LogP contribution in [0.15, 0.2) is 48.5 Å². The van der Waals surface area contributed by atoms with Crippen LogP contribution < -0.4 is 19.5 Å². The molecule has 1 fully saturated rings. The maximum absolute atomic E-state index is 14.1. The summed E-state index contributed by atoms with van der Waals surface area (Å²) in [6.45, 7) is -0.814. The van der Waals surface area contributed by atoms with E-state index in [-0.39, 0.29) is 58.0 Å². The van der Waals surface area contributed by atoms with Crippen molar-refractivity contribution < 1.29 is 41.0 Å². The molecule has 2 aromatic carbocycles. The monoisotopic (exact) mass is 570 g/mol. The fourth-order valence-electron chi connectivity index (χ4n) is 4.04. The van der Waals surface area contributed by atoms with E-state index in [2.05, 4.69) is 10.3 Å². The maximum atomic E-state index is 14.1. The molecule has 1 aliphatic rings. The molecule has 6 nitrogen and oxygen atoms in total. The highest BCUT2D eigenvalue weighted by Gasteiger charge is 2.42. The van der Waals surface area contributed by atoms with Gasteiger partial charge in [-0.25, -0.2) is 13.8 Å². The summed E-state index contributed by atoms with van der Waals surface area (Å²) in [5, 5.41) is 2.07. The third-order valence-electron chi connectivity index (χ3n) is 6.27. The second-order valence-electron chi connectivity index (χ2n) is 8.89. The van der Waals surface area contributed by atoms with Crippen molar-refractivity contribution in [3.8, 4) is 28.5 Å². The van der Waals surface area contributed by atoms with E-state index in [1.165, 1.54) is 50.6 Å². The number of rotatable bonds is 9. The van der Waals surface area contributed by atoms with Gasteiger partial charge in [0.1, 0.15) is 35.5 Å². The molecule has 1 atom stereocenters. The molecule has 4 rings (SSSR count). The van der Waals surface area contributed by atoms with E-state index in [9.17, 15) is 26.7 Å². The second-order valence-corrected chi connectivity index (χ2v) is 9.30. The number of ether oxygens (including phenoxy) is 3. The van der Waals surface area contributed by atoms with Gasteiger partial charge in [-0.2, -0.15) is 13.2 Å². The Bertz CT molecular complexity index is 1350. The van der Waals surface area contributed by atoms with Crippen molar-refractivity contribution in [1.29, 1.82) is 0 Å². The topological polar surface area (TPSA) is 69.7 Å². The van der Waals surface area contributed by atoms with E-state index in [0.29, 0.717) is 5.75 Å². The van der Waals surface area contributed by atoms with Gasteiger partial charge in [-0.15, -0.1) is 0 Å². The van der Waals surface area contributed by atoms with Gasteiger partial charge >= 0.3 is 6.18 Å². The molecule has 0 spiro atoms. The van der Waals surface area contributed by atoms with Gasteiger partial charge in [0, 0.05) is 30.5 Å². The number of nitrogens with one attached hydrogen (secondary N) is 1. The van der Waals surface area contributed by atoms with Crippen molar-refractivity contribution in [1.82, 2.24) is 10.3 Å². The third-order valence-corrected chi connectivity index (χ3v) is 6.56. The molecule has 1 unspecified atom stereocenters. The normalized spacial score (nSPS) is 17.6. The first-order valence-electron chi connectivity index (χ1n) is 11.8. The smallest absolute Gasteiger partial charge is 0.398 e. The number of amides is 1. The zero-order chi connectivity index (χ0) is 28.3. The van der Waals surface area contributed by atoms with Crippen molar-refractivity contribution in [3.63, 3.8) is 0 Å². The van der Waals surface area contributed by atoms with Crippen molar-refractivity contribution in [2.45, 2.75) is 37.2 Å². The van der Waals surface area contributed by atoms with Gasteiger partial charge < -0.3 is 19.5 Å². The first-order valence-corrected chi connectivity index (χ1v) is 12.2. The number of nitrogens with zero attached hydrogens (tertiary/aromatic N) is 1. The van der Waals surface area contributed by atoms with Crippen LogP contribution in [0, 0.1) is 5.82 Å². The first-order chi connectivity index (χ1) is 18.5. The molecule has 3 aromatic rings. The molecule has 0 aliphatic heterocycles. The number of methoxy groups -OCH3 is 2. The number of carbonyl (C=O) groups is 1. The van der Waals surface area contributed by atoms with E-state index in [4.69, 9.17) is 25.8 Å². The number of benzene rings is 2. The van der Waals surface area contributed by atoms with E-state index >= 15 is 0 Å². The summed E-state index contributed by atoms with van der Waals surface area (Å²) in [7, 11) is 2.67. The first kappa shape index (κ1) is 28.4. The van der Waals surface area contributed by atoms with E-state index in [1.54, 1.807) is 0 Å². The largest absolute Gasteiger partial charge is 0.494 e. The van der Waals surface area contributed by atoms with E-state index in [1.807, 2.05) is 0 Å². The molecule has 1 aliphatic carbocycles. The Balaban J connectivity index is 1.54. The molecule has 1 heterocycles. The zero-order valence-electron chi connectivity index (χ0n) is 20.8. The Morgan fingerprint density at radius 2 is 1.74 bits per heavy atom. The Morgan fingerprint density at radius 1 is 1.05 bits per heavy atom. The van der Waals surface area contributed by atoms with Crippen LogP contribution in [0.4, 0.5) is 22.0 Å². The lowest BCUT2D eigenvalue weighted by Gasteiger charge is -2.30. The standard InChI is InChI=1S/C27H24ClF5N2O4/c1-37-23-8-6-21(35-25(23)14-3-5-20(30)19(28)9-14)18(27(31,32)33)13-34-26(36)15-4-7-22(24(10-15)38-2)39-17-11-16(29)12-17/h3-10,16-18H,11-13H2,1-2H3,(H,34,36). The van der Waals surface area contributed by atoms with Gasteiger partial charge in [0.15, 0.2) is 11.5 Å². The highest BCUT2D eigenvalue weighted by atomic mass is 35.5. The van der Waals surface area contributed by atoms with Crippen molar-refractivity contribution in [3.05, 3.63) is 70.6 Å². The molecule has 1 N–H and O–H groups in total. The van der Waals surface area contributed by atoms with Crippen LogP contribution >= 0.6 is 11.6 Å². The summed E-state index contributed by atoms with van der Waals surface area (Å²) < 4.78 is 85.1. The lowest BCUT2D eigenvalue weighted by atomic mass is 9.93. The Morgan fingerprint density at radius 3 is 2.36 bits per heavy atom. The maximum Gasteiger partial charge on any atom is 0.398 e. The lowest BCUT2D eigenvalue weighted by molar-refractivity contribution is -0.149. The minimum atomic E-state index is -4.76. The molecule has 208 valence electrons. The van der Waals surface area contributed by atoms with Crippen LogP contribution in [-0.2, 0) is 0 Å². The second kappa shape index (κ2) is 11.6. The summed E-state index contributed by atoms with van der Waals surface area (Å²) >= 11 is 5.85. The van der Waals surface area contributed by atoms with Gasteiger partial charge in [-0.3, -0.25) is 4.79 Å². The Labute approximate surface area is 226 Å². The number of aromatic nitrogens is 1. The van der Waals surface area contributed by atoms with Crippen LogP contribution in [0.3, 0.4) is 0 Å². The number of halogens is 6. The highest BCUT2D eigenvalue weighted by Crippen LogP contribution is 2.38. The SMILES string of the molecule is COc1cc(C(=O)NCC(c2ccc(OC)c(-c3ccc(F)c(Cl)c3)n2)C(F)(F)F)ccc1OC1CC(F)C1. The van der Waals surface area contributed by atoms with Crippen LogP contribution in [0.2, 0.25) is 5.02 Å². The molecule has 12 heteroatoms. The summed E-state index contributed by atoms with van der Waals surface area (Å²) in [6, 6.07) is 10.2. The predicted molar refractivity (Wildman–Crippen MR) is 134 cm³/mol. The van der Waals surface area contributed by atoms with E-state index in [0.717, 1.165) is 12.1 Å². The Kier molecular flexibility index (Phi) is 8.48. The lowest BCUT2D eigenvalue weighted by Crippen LogP contribution is -2.36. The number of pyridine rings is 1. The number of carbonyl (C=O) groups excluding carboxylic acids is 1. The van der Waals surface area contributed by atoms with Crippen LogP contribution in [0.5, 0.6) is 17.2 Å². The summed E-state index contributed by atoms with van der Waals surface area (Å²) in [5.74, 6) is -2.99. The van der Waals surface area contributed by atoms with Gasteiger partial charge in [0.05, 0.1) is 24.9 Å². The summed E-state index contributed by atoms with van der Waals surface area (Å²) in [6.07, 6.45) is -5.50. The predicted octanol–water partition coefficient (Wildman–Crippen LogP) is 6.51. The van der Waals surface area contributed by atoms with Crippen LogP contribution in [-0.4, -0.2) is 50.1 Å². The molecule has 1 amide bonds. The Hall–Kier alpha value is -3.60. The van der Waals surface area contributed by atoms with Gasteiger partial charge in [0.25, 0.3) is 5.91 Å². The van der Waals surface area contributed by atoms with Gasteiger partial charge in [0.2, 0.25) is 0 Å². The number of hydrogen-bond acceptors (Lipinski definition) is 5. The van der Waals surface area contributed by atoms with Crippen LogP contribution in [0.1, 0.15) is 34.8 Å². The molecule has 39 heavy (non-hydrogen) atoms. The fourth-order valence-corrected chi connectivity index (χ4v) is 4.22. The zero-order valence-corrected chi connectivity index (χ0v) is 21.6. The minimum absolute atomic E-state index is 0.0309. The summed E-state index contributed by atoms with van der Waals surface area (Å²) in [4.78, 5) is 16.9. The summed E-state index contributed by atoms with van der Waals surface area (Å²) in [5.41, 5.74) is -0.0553. The van der Waals surface area contributed by atoms with Crippen LogP contribution in [0.25, 0.3) is 11.3 Å². The molecule has 0 radical (unpaired) electrons. The molecular formula is C27H24ClF5N2O4. The van der Waals surface area contributed by atoms with Gasteiger partial charge in [-0.05, 0) is 48.5 Å². The third kappa shape index (κ3) is 6.52. The molecule has 0 bridgehead atoms. The van der Waals surface area contributed by atoms with Gasteiger partial charge in [-0.1, -0.05) is 11.6 Å². The highest BCUT2D eigenvalue weighted by molar-refractivity contribution is 6.31. The average molecular weight is 571 g/mol. The number of alkyl halides is 4.